The first-order chi connectivity index (χ1) is 12.3. The molecule has 0 aromatic rings. The van der Waals surface area contributed by atoms with Crippen molar-refractivity contribution >= 4 is 28.3 Å². The van der Waals surface area contributed by atoms with E-state index in [-0.39, 0.29) is 12.0 Å². The van der Waals surface area contributed by atoms with Gasteiger partial charge in [-0.2, -0.15) is 0 Å². The van der Waals surface area contributed by atoms with Crippen molar-refractivity contribution in [3.63, 3.8) is 0 Å². The number of hydrogen-bond donors (Lipinski definition) is 0. The Morgan fingerprint density at radius 3 is 1.93 bits per heavy atom. The largest absolute Gasteiger partial charge is 0.547 e. The van der Waals surface area contributed by atoms with Crippen LogP contribution in [-0.4, -0.2) is 42.5 Å². The molecule has 1 atom stereocenters. The Morgan fingerprint density at radius 1 is 0.963 bits per heavy atom. The van der Waals surface area contributed by atoms with Crippen LogP contribution in [0.4, 0.5) is 0 Å². The minimum absolute atomic E-state index is 0.264. The molecule has 2 aliphatic carbocycles. The first-order valence-electron chi connectivity index (χ1n) is 9.32. The molecule has 0 radical (unpaired) electrons. The zero-order valence-electron chi connectivity index (χ0n) is 17.8. The fraction of sp³-hybridized carbons (Fsp3) is 0.600. The van der Waals surface area contributed by atoms with E-state index in [4.69, 9.17) is 13.9 Å². The van der Waals surface area contributed by atoms with Gasteiger partial charge in [0.1, 0.15) is 0 Å². The maximum Gasteiger partial charge on any atom is 0.323 e. The van der Waals surface area contributed by atoms with Crippen LogP contribution in [0, 0.1) is 5.41 Å². The van der Waals surface area contributed by atoms with Gasteiger partial charge in [-0.15, -0.1) is 0 Å². The van der Waals surface area contributed by atoms with Gasteiger partial charge >= 0.3 is 11.9 Å². The Balaban J connectivity index is 2.49. The number of methoxy groups -OCH3 is 2. The van der Waals surface area contributed by atoms with Crippen molar-refractivity contribution < 1.29 is 23.5 Å². The van der Waals surface area contributed by atoms with Crippen LogP contribution in [0.2, 0.25) is 44.8 Å². The SMILES string of the molecule is COC(=O)C1(C(=O)OC)CC2=C(C=C(O[Si](C)(C)C)C([Si](C)(C)C)C=C2)C1. The molecule has 2 rings (SSSR count). The number of rotatable bonds is 5. The maximum absolute atomic E-state index is 12.5. The lowest BCUT2D eigenvalue weighted by molar-refractivity contribution is -0.168. The summed E-state index contributed by atoms with van der Waals surface area (Å²) in [4.78, 5) is 25.0. The van der Waals surface area contributed by atoms with Gasteiger partial charge in [0.2, 0.25) is 8.32 Å². The first-order valence-corrected chi connectivity index (χ1v) is 16.3. The van der Waals surface area contributed by atoms with Crippen molar-refractivity contribution in [1.82, 2.24) is 0 Å². The summed E-state index contributed by atoms with van der Waals surface area (Å²) in [5.41, 5.74) is 0.922. The third-order valence-corrected chi connectivity index (χ3v) is 8.21. The molecule has 0 bridgehead atoms. The van der Waals surface area contributed by atoms with Gasteiger partial charge in [0.15, 0.2) is 5.41 Å². The minimum Gasteiger partial charge on any atom is -0.547 e. The second kappa shape index (κ2) is 7.43. The van der Waals surface area contributed by atoms with Crippen LogP contribution in [-0.2, 0) is 23.5 Å². The fourth-order valence-electron chi connectivity index (χ4n) is 3.74. The molecule has 27 heavy (non-hydrogen) atoms. The van der Waals surface area contributed by atoms with E-state index >= 15 is 0 Å². The summed E-state index contributed by atoms with van der Waals surface area (Å²) in [5.74, 6) is -0.114. The van der Waals surface area contributed by atoms with E-state index in [1.165, 1.54) is 14.2 Å². The van der Waals surface area contributed by atoms with E-state index in [0.29, 0.717) is 6.42 Å². The molecule has 0 heterocycles. The van der Waals surface area contributed by atoms with E-state index in [9.17, 15) is 9.59 Å². The highest BCUT2D eigenvalue weighted by molar-refractivity contribution is 6.79. The molecule has 0 aliphatic heterocycles. The normalized spacial score (nSPS) is 21.9. The van der Waals surface area contributed by atoms with E-state index < -0.39 is 33.7 Å². The molecule has 150 valence electrons. The summed E-state index contributed by atoms with van der Waals surface area (Å²) in [7, 11) is -0.753. The summed E-state index contributed by atoms with van der Waals surface area (Å²) < 4.78 is 16.4. The van der Waals surface area contributed by atoms with Gasteiger partial charge in [-0.05, 0) is 49.7 Å². The van der Waals surface area contributed by atoms with Crippen LogP contribution >= 0.6 is 0 Å². The van der Waals surface area contributed by atoms with Crippen LogP contribution in [0.5, 0.6) is 0 Å². The molecule has 0 amide bonds. The zero-order valence-corrected chi connectivity index (χ0v) is 19.8. The molecule has 7 heteroatoms. The summed E-state index contributed by atoms with van der Waals surface area (Å²) in [6, 6.07) is 0. The molecule has 1 unspecified atom stereocenters. The lowest BCUT2D eigenvalue weighted by Gasteiger charge is -2.33. The van der Waals surface area contributed by atoms with Crippen LogP contribution in [0.15, 0.2) is 35.1 Å². The summed E-state index contributed by atoms with van der Waals surface area (Å²) in [5, 5.41) is 0. The molecular weight excluding hydrogens is 376 g/mol. The molecule has 0 N–H and O–H groups in total. The Labute approximate surface area is 164 Å². The Morgan fingerprint density at radius 2 is 1.48 bits per heavy atom. The second-order valence-electron chi connectivity index (χ2n) is 9.43. The van der Waals surface area contributed by atoms with Crippen LogP contribution in [0.1, 0.15) is 12.8 Å². The lowest BCUT2D eigenvalue weighted by Crippen LogP contribution is -2.39. The van der Waals surface area contributed by atoms with Crippen molar-refractivity contribution in [1.29, 1.82) is 0 Å². The van der Waals surface area contributed by atoms with Crippen molar-refractivity contribution in [2.24, 2.45) is 5.41 Å². The third kappa shape index (κ3) is 4.46. The van der Waals surface area contributed by atoms with Gasteiger partial charge in [0.25, 0.3) is 0 Å². The molecule has 0 fully saturated rings. The lowest BCUT2D eigenvalue weighted by atomic mass is 9.83. The third-order valence-electron chi connectivity index (χ3n) is 5.02. The van der Waals surface area contributed by atoms with Gasteiger partial charge in [0, 0.05) is 5.54 Å². The molecule has 2 aliphatic rings. The monoisotopic (exact) mass is 408 g/mol. The first kappa shape index (κ1) is 21.7. The highest BCUT2D eigenvalue weighted by Crippen LogP contribution is 2.48. The van der Waals surface area contributed by atoms with E-state index in [2.05, 4.69) is 57.5 Å². The predicted molar refractivity (Wildman–Crippen MR) is 111 cm³/mol. The molecular formula is C20H32O5Si2. The highest BCUT2D eigenvalue weighted by Gasteiger charge is 2.53. The Hall–Kier alpha value is -1.61. The topological polar surface area (TPSA) is 61.8 Å². The van der Waals surface area contributed by atoms with Crippen molar-refractivity contribution in [3.8, 4) is 0 Å². The second-order valence-corrected chi connectivity index (χ2v) is 19.2. The van der Waals surface area contributed by atoms with Crippen molar-refractivity contribution in [2.75, 3.05) is 14.2 Å². The quantitative estimate of drug-likeness (QED) is 0.383. The maximum atomic E-state index is 12.5. The smallest absolute Gasteiger partial charge is 0.323 e. The molecule has 0 saturated heterocycles. The molecule has 0 aromatic heterocycles. The molecule has 0 spiro atoms. The number of hydrogen-bond acceptors (Lipinski definition) is 5. The van der Waals surface area contributed by atoms with Gasteiger partial charge in [0.05, 0.1) is 28.1 Å². The molecule has 0 aromatic carbocycles. The van der Waals surface area contributed by atoms with E-state index in [1.807, 2.05) is 0 Å². The van der Waals surface area contributed by atoms with Gasteiger partial charge < -0.3 is 13.9 Å². The number of ether oxygens (including phenoxy) is 2. The fourth-order valence-corrected chi connectivity index (χ4v) is 6.42. The van der Waals surface area contributed by atoms with Crippen LogP contribution < -0.4 is 0 Å². The number of carbonyl (C=O) groups excluding carboxylic acids is 2. The van der Waals surface area contributed by atoms with Gasteiger partial charge in [-0.1, -0.05) is 31.8 Å². The number of carbonyl (C=O) groups is 2. The highest BCUT2D eigenvalue weighted by atomic mass is 28.4. The Kier molecular flexibility index (Phi) is 5.97. The summed E-state index contributed by atoms with van der Waals surface area (Å²) >= 11 is 0. The Bertz CT molecular complexity index is 704. The predicted octanol–water partition coefficient (Wildman–Crippen LogP) is 4.42. The van der Waals surface area contributed by atoms with Gasteiger partial charge in [-0.25, -0.2) is 0 Å². The number of allylic oxidation sites excluding steroid dienone is 5. The summed E-state index contributed by atoms with van der Waals surface area (Å²) in [6.45, 7) is 13.5. The summed E-state index contributed by atoms with van der Waals surface area (Å²) in [6.07, 6.45) is 6.93. The van der Waals surface area contributed by atoms with E-state index in [0.717, 1.165) is 16.9 Å². The van der Waals surface area contributed by atoms with Crippen molar-refractivity contribution in [2.45, 2.75) is 57.7 Å². The van der Waals surface area contributed by atoms with Gasteiger partial charge in [-0.3, -0.25) is 9.59 Å². The molecule has 0 saturated carbocycles. The van der Waals surface area contributed by atoms with E-state index in [1.54, 1.807) is 0 Å². The average Bonchev–Trinajstić information content (AvgIpc) is 2.82. The minimum atomic E-state index is -1.81. The van der Waals surface area contributed by atoms with Crippen molar-refractivity contribution in [3.05, 3.63) is 35.1 Å². The standard InChI is InChI=1S/C20H32O5Si2/c1-23-18(21)20(19(22)24-2)12-14-9-10-17(26(3,4)5)16(11-15(14)13-20)25-27(6,7)8/h9-11,17H,12-13H2,1-8H3. The number of esters is 2. The average molecular weight is 409 g/mol. The zero-order chi connectivity index (χ0) is 20.6. The van der Waals surface area contributed by atoms with Crippen LogP contribution in [0.25, 0.3) is 0 Å². The molecule has 5 nitrogen and oxygen atoms in total. The van der Waals surface area contributed by atoms with Crippen LogP contribution in [0.3, 0.4) is 0 Å².